The summed E-state index contributed by atoms with van der Waals surface area (Å²) in [4.78, 5) is 0. The Balaban J connectivity index is 2.25. The molecule has 0 aliphatic carbocycles. The highest BCUT2D eigenvalue weighted by Crippen LogP contribution is 2.50. The molecule has 1 aromatic heterocycles. The molecule has 0 unspecified atom stereocenters. The molecule has 0 saturated heterocycles. The lowest BCUT2D eigenvalue weighted by Crippen LogP contribution is -2.30. The van der Waals surface area contributed by atoms with Crippen molar-refractivity contribution >= 4 is 5.82 Å². The average Bonchev–Trinajstić information content (AvgIpc) is 3.01. The van der Waals surface area contributed by atoms with Gasteiger partial charge in [0, 0.05) is 23.0 Å². The molecule has 0 saturated carbocycles. The fraction of sp³-hybridized carbons (Fsp3) is 0.267. The van der Waals surface area contributed by atoms with Crippen LogP contribution in [0.25, 0.3) is 5.69 Å². The Morgan fingerprint density at radius 3 is 2.46 bits per heavy atom. The topological polar surface area (TPSA) is 61.0 Å². The van der Waals surface area contributed by atoms with Gasteiger partial charge in [-0.25, -0.2) is 8.78 Å². The second-order valence-electron chi connectivity index (χ2n) is 5.51. The SMILES string of the molecule is N#Cc1ccc(-n2cc(C(F)(F)F)c3c2NC(F)(F)[C@H]3O)cc1C(F)F. The van der Waals surface area contributed by atoms with Crippen LogP contribution in [-0.2, 0) is 6.18 Å². The van der Waals surface area contributed by atoms with E-state index < -0.39 is 52.8 Å². The van der Waals surface area contributed by atoms with Crippen LogP contribution in [0.2, 0.25) is 0 Å². The Labute approximate surface area is 141 Å². The zero-order valence-electron chi connectivity index (χ0n) is 12.5. The van der Waals surface area contributed by atoms with Gasteiger partial charge in [-0.1, -0.05) is 0 Å². The normalized spacial score (nSPS) is 18.5. The van der Waals surface area contributed by atoms with E-state index in [2.05, 4.69) is 0 Å². The summed E-state index contributed by atoms with van der Waals surface area (Å²) in [6.07, 6.45) is -10.5. The van der Waals surface area contributed by atoms with E-state index in [4.69, 9.17) is 5.26 Å². The van der Waals surface area contributed by atoms with E-state index in [-0.39, 0.29) is 5.69 Å². The number of nitrogens with zero attached hydrogens (tertiary/aromatic N) is 2. The highest BCUT2D eigenvalue weighted by atomic mass is 19.4. The van der Waals surface area contributed by atoms with Crippen molar-refractivity contribution < 1.29 is 35.8 Å². The van der Waals surface area contributed by atoms with Crippen molar-refractivity contribution in [2.75, 3.05) is 5.32 Å². The number of aliphatic hydroxyl groups excluding tert-OH is 1. The molecule has 0 fully saturated rings. The number of anilines is 1. The summed E-state index contributed by atoms with van der Waals surface area (Å²) >= 11 is 0. The van der Waals surface area contributed by atoms with E-state index in [1.807, 2.05) is 0 Å². The van der Waals surface area contributed by atoms with Crippen LogP contribution in [0.4, 0.5) is 36.6 Å². The third-order valence-corrected chi connectivity index (χ3v) is 3.92. The quantitative estimate of drug-likeness (QED) is 0.602. The second-order valence-corrected chi connectivity index (χ2v) is 5.51. The molecule has 11 heteroatoms. The first kappa shape index (κ1) is 18.1. The van der Waals surface area contributed by atoms with Gasteiger partial charge in [0.2, 0.25) is 0 Å². The van der Waals surface area contributed by atoms with E-state index in [1.54, 1.807) is 0 Å². The van der Waals surface area contributed by atoms with Gasteiger partial charge in [-0.2, -0.15) is 27.2 Å². The van der Waals surface area contributed by atoms with E-state index in [0.29, 0.717) is 10.8 Å². The Bertz CT molecular complexity index is 911. The number of fused-ring (bicyclic) bond motifs is 1. The molecule has 138 valence electrons. The molecular formula is C15H8F7N3O. The summed E-state index contributed by atoms with van der Waals surface area (Å²) in [7, 11) is 0. The number of hydrogen-bond donors (Lipinski definition) is 2. The van der Waals surface area contributed by atoms with Gasteiger partial charge < -0.3 is 15.0 Å². The smallest absolute Gasteiger partial charge is 0.380 e. The molecule has 1 aliphatic rings. The van der Waals surface area contributed by atoms with Gasteiger partial charge in [-0.05, 0) is 18.2 Å². The largest absolute Gasteiger partial charge is 0.418 e. The summed E-state index contributed by atoms with van der Waals surface area (Å²) in [5.41, 5.74) is -4.06. The molecule has 1 aliphatic heterocycles. The van der Waals surface area contributed by atoms with Crippen LogP contribution in [0.5, 0.6) is 0 Å². The van der Waals surface area contributed by atoms with Crippen molar-refractivity contribution in [3.05, 3.63) is 46.6 Å². The minimum absolute atomic E-state index is 0.302. The number of halogens is 7. The van der Waals surface area contributed by atoms with E-state index in [1.165, 1.54) is 11.4 Å². The van der Waals surface area contributed by atoms with Gasteiger partial charge in [-0.3, -0.25) is 0 Å². The Kier molecular flexibility index (Phi) is 3.91. The third kappa shape index (κ3) is 2.66. The minimum atomic E-state index is -5.06. The van der Waals surface area contributed by atoms with Crippen molar-refractivity contribution in [1.29, 1.82) is 5.26 Å². The predicted octanol–water partition coefficient (Wildman–Crippen LogP) is 4.36. The first-order chi connectivity index (χ1) is 12.0. The highest BCUT2D eigenvalue weighted by molar-refractivity contribution is 5.64. The maximum atomic E-state index is 13.6. The van der Waals surface area contributed by atoms with Crippen LogP contribution in [0.3, 0.4) is 0 Å². The number of benzene rings is 1. The number of rotatable bonds is 2. The molecule has 4 nitrogen and oxygen atoms in total. The Hall–Kier alpha value is -2.74. The van der Waals surface area contributed by atoms with E-state index in [9.17, 15) is 35.8 Å². The standard InChI is InChI=1S/C15H8F7N3O/c16-12(17)8-3-7(2-1-6(8)4-23)25-5-9(14(18,19)20)10-11(26)15(21,22)24-13(10)25/h1-3,5,11-12,24,26H/t11-/m0/s1. The van der Waals surface area contributed by atoms with Crippen molar-refractivity contribution in [1.82, 2.24) is 4.57 Å². The zero-order chi connectivity index (χ0) is 19.4. The van der Waals surface area contributed by atoms with Gasteiger partial charge in [-0.15, -0.1) is 0 Å². The molecule has 2 aromatic rings. The van der Waals surface area contributed by atoms with Gasteiger partial charge in [0.15, 0.2) is 6.10 Å². The summed E-state index contributed by atoms with van der Waals surface area (Å²) in [5.74, 6) is -0.764. The Morgan fingerprint density at radius 2 is 1.92 bits per heavy atom. The van der Waals surface area contributed by atoms with Gasteiger partial charge in [0.1, 0.15) is 5.82 Å². The second kappa shape index (κ2) is 5.63. The molecule has 2 N–H and O–H groups in total. The molecule has 0 spiro atoms. The summed E-state index contributed by atoms with van der Waals surface area (Å²) in [5, 5.41) is 19.9. The number of alkyl halides is 7. The average molecular weight is 379 g/mol. The zero-order valence-corrected chi connectivity index (χ0v) is 12.5. The lowest BCUT2D eigenvalue weighted by molar-refractivity contribution is -0.141. The first-order valence-electron chi connectivity index (χ1n) is 6.96. The molecular weight excluding hydrogens is 371 g/mol. The summed E-state index contributed by atoms with van der Waals surface area (Å²) in [6.45, 7) is 0. The monoisotopic (exact) mass is 379 g/mol. The maximum absolute atomic E-state index is 13.6. The van der Waals surface area contributed by atoms with Crippen LogP contribution in [0.1, 0.15) is 34.8 Å². The number of nitriles is 1. The molecule has 26 heavy (non-hydrogen) atoms. The summed E-state index contributed by atoms with van der Waals surface area (Å²) in [6, 6.07) is 0.161. The van der Waals surface area contributed by atoms with Gasteiger partial charge in [0.05, 0.1) is 17.2 Å². The van der Waals surface area contributed by atoms with Crippen LogP contribution < -0.4 is 5.32 Å². The Morgan fingerprint density at radius 1 is 1.27 bits per heavy atom. The predicted molar refractivity (Wildman–Crippen MR) is 74.0 cm³/mol. The van der Waals surface area contributed by atoms with E-state index in [0.717, 1.165) is 18.2 Å². The molecule has 2 heterocycles. The van der Waals surface area contributed by atoms with Crippen LogP contribution in [0.15, 0.2) is 24.4 Å². The molecule has 1 atom stereocenters. The van der Waals surface area contributed by atoms with Crippen molar-refractivity contribution in [2.24, 2.45) is 0 Å². The van der Waals surface area contributed by atoms with Crippen molar-refractivity contribution in [3.63, 3.8) is 0 Å². The van der Waals surface area contributed by atoms with Gasteiger partial charge in [0.25, 0.3) is 6.43 Å². The lowest BCUT2D eigenvalue weighted by atomic mass is 10.1. The number of hydrogen-bond acceptors (Lipinski definition) is 3. The number of aromatic nitrogens is 1. The molecule has 0 bridgehead atoms. The van der Waals surface area contributed by atoms with Crippen molar-refractivity contribution in [3.8, 4) is 11.8 Å². The summed E-state index contributed by atoms with van der Waals surface area (Å²) < 4.78 is 93.5. The third-order valence-electron chi connectivity index (χ3n) is 3.92. The van der Waals surface area contributed by atoms with Crippen LogP contribution >= 0.6 is 0 Å². The van der Waals surface area contributed by atoms with Crippen molar-refractivity contribution in [2.45, 2.75) is 24.8 Å². The van der Waals surface area contributed by atoms with Crippen LogP contribution in [-0.4, -0.2) is 15.7 Å². The lowest BCUT2D eigenvalue weighted by Gasteiger charge is -2.17. The molecule has 3 rings (SSSR count). The minimum Gasteiger partial charge on any atom is -0.380 e. The highest BCUT2D eigenvalue weighted by Gasteiger charge is 2.53. The number of nitrogens with one attached hydrogen (secondary N) is 1. The van der Waals surface area contributed by atoms with Crippen LogP contribution in [0, 0.1) is 11.3 Å². The fourth-order valence-corrected chi connectivity index (χ4v) is 2.74. The molecule has 1 aromatic carbocycles. The fourth-order valence-electron chi connectivity index (χ4n) is 2.74. The maximum Gasteiger partial charge on any atom is 0.418 e. The van der Waals surface area contributed by atoms with Gasteiger partial charge >= 0.3 is 12.2 Å². The number of aliphatic hydroxyl groups is 1. The first-order valence-corrected chi connectivity index (χ1v) is 6.96. The molecule has 0 amide bonds. The van der Waals surface area contributed by atoms with E-state index >= 15 is 0 Å². The molecule has 0 radical (unpaired) electrons.